The molecule has 1 fully saturated rings. The number of guanidine groups is 1. The standard InChI is InChI=1S/C23H33N5/c1-17(2)28-15-18-10-11-20(14-21(18)27-28)26-22(24-3)25-16-23(12-7-13-23)19-8-5-4-6-9-19/h4-6,8-9,15,17,20H,7,10-14,16H2,1-3H3,(H2,24,25,26). The highest BCUT2D eigenvalue weighted by Gasteiger charge is 2.38. The van der Waals surface area contributed by atoms with Gasteiger partial charge in [-0.2, -0.15) is 5.10 Å². The molecule has 1 atom stereocenters. The molecule has 0 aliphatic heterocycles. The summed E-state index contributed by atoms with van der Waals surface area (Å²) in [5.41, 5.74) is 4.36. The molecule has 1 unspecified atom stereocenters. The lowest BCUT2D eigenvalue weighted by atomic mass is 9.64. The molecule has 2 N–H and O–H groups in total. The van der Waals surface area contributed by atoms with Gasteiger partial charge in [-0.1, -0.05) is 36.8 Å². The summed E-state index contributed by atoms with van der Waals surface area (Å²) in [7, 11) is 1.87. The second-order valence-electron chi connectivity index (χ2n) is 8.68. The molecule has 2 aliphatic carbocycles. The van der Waals surface area contributed by atoms with Crippen LogP contribution in [0.25, 0.3) is 0 Å². The molecule has 1 aromatic carbocycles. The lowest BCUT2D eigenvalue weighted by Gasteiger charge is -2.43. The number of nitrogens with zero attached hydrogens (tertiary/aromatic N) is 3. The number of nitrogens with one attached hydrogen (secondary N) is 2. The molecular weight excluding hydrogens is 346 g/mol. The van der Waals surface area contributed by atoms with Crippen LogP contribution in [-0.4, -0.2) is 35.4 Å². The van der Waals surface area contributed by atoms with Crippen LogP contribution in [0.15, 0.2) is 41.5 Å². The Balaban J connectivity index is 1.36. The Kier molecular flexibility index (Phi) is 5.42. The van der Waals surface area contributed by atoms with E-state index in [0.717, 1.165) is 31.8 Å². The monoisotopic (exact) mass is 379 g/mol. The second-order valence-corrected chi connectivity index (χ2v) is 8.68. The lowest BCUT2D eigenvalue weighted by molar-refractivity contribution is 0.243. The predicted octanol–water partition coefficient (Wildman–Crippen LogP) is 3.61. The summed E-state index contributed by atoms with van der Waals surface area (Å²) < 4.78 is 2.10. The van der Waals surface area contributed by atoms with E-state index in [1.807, 2.05) is 7.05 Å². The minimum atomic E-state index is 0.259. The molecule has 0 radical (unpaired) electrons. The van der Waals surface area contributed by atoms with Gasteiger partial charge in [0, 0.05) is 43.7 Å². The van der Waals surface area contributed by atoms with Gasteiger partial charge in [-0.25, -0.2) is 0 Å². The van der Waals surface area contributed by atoms with Crippen molar-refractivity contribution >= 4 is 5.96 Å². The Bertz CT molecular complexity index is 817. The average Bonchev–Trinajstić information content (AvgIpc) is 3.11. The van der Waals surface area contributed by atoms with Crippen molar-refractivity contribution < 1.29 is 0 Å². The van der Waals surface area contributed by atoms with Gasteiger partial charge in [-0.05, 0) is 50.7 Å². The molecule has 1 aromatic heterocycles. The minimum Gasteiger partial charge on any atom is -0.356 e. The summed E-state index contributed by atoms with van der Waals surface area (Å²) in [6.07, 6.45) is 9.22. The maximum Gasteiger partial charge on any atom is 0.191 e. The predicted molar refractivity (Wildman–Crippen MR) is 115 cm³/mol. The van der Waals surface area contributed by atoms with Crippen LogP contribution in [0.3, 0.4) is 0 Å². The van der Waals surface area contributed by atoms with Crippen molar-refractivity contribution in [3.05, 3.63) is 53.3 Å². The molecule has 1 saturated carbocycles. The van der Waals surface area contributed by atoms with E-state index in [-0.39, 0.29) is 5.41 Å². The number of aryl methyl sites for hydroxylation is 1. The normalized spacial score (nSPS) is 21.1. The van der Waals surface area contributed by atoms with Gasteiger partial charge in [0.2, 0.25) is 0 Å². The van der Waals surface area contributed by atoms with E-state index < -0.39 is 0 Å². The lowest BCUT2D eigenvalue weighted by Crippen LogP contribution is -2.51. The van der Waals surface area contributed by atoms with Gasteiger partial charge in [0.1, 0.15) is 0 Å². The highest BCUT2D eigenvalue weighted by Crippen LogP contribution is 2.43. The fourth-order valence-corrected chi connectivity index (χ4v) is 4.50. The number of benzene rings is 1. The third-order valence-corrected chi connectivity index (χ3v) is 6.48. The minimum absolute atomic E-state index is 0.259. The molecular formula is C23H33N5. The van der Waals surface area contributed by atoms with Gasteiger partial charge in [-0.3, -0.25) is 9.67 Å². The highest BCUT2D eigenvalue weighted by atomic mass is 15.3. The van der Waals surface area contributed by atoms with Crippen molar-refractivity contribution in [2.45, 2.75) is 69.9 Å². The molecule has 150 valence electrons. The molecule has 5 heteroatoms. The van der Waals surface area contributed by atoms with Crippen LogP contribution in [0.2, 0.25) is 0 Å². The largest absolute Gasteiger partial charge is 0.356 e. The molecule has 1 heterocycles. The van der Waals surface area contributed by atoms with E-state index in [1.165, 1.54) is 36.1 Å². The molecule has 5 nitrogen and oxygen atoms in total. The maximum atomic E-state index is 4.80. The van der Waals surface area contributed by atoms with Crippen LogP contribution in [0.5, 0.6) is 0 Å². The quantitative estimate of drug-likeness (QED) is 0.616. The van der Waals surface area contributed by atoms with Crippen LogP contribution in [0.1, 0.15) is 62.4 Å². The molecule has 2 aliphatic rings. The Morgan fingerprint density at radius 3 is 2.71 bits per heavy atom. The number of hydrogen-bond donors (Lipinski definition) is 2. The Labute approximate surface area is 168 Å². The first kappa shape index (κ1) is 19.0. The van der Waals surface area contributed by atoms with Crippen molar-refractivity contribution in [1.29, 1.82) is 0 Å². The molecule has 28 heavy (non-hydrogen) atoms. The van der Waals surface area contributed by atoms with Crippen molar-refractivity contribution in [3.8, 4) is 0 Å². The van der Waals surface area contributed by atoms with Crippen LogP contribution < -0.4 is 10.6 Å². The molecule has 0 saturated heterocycles. The summed E-state index contributed by atoms with van der Waals surface area (Å²) in [6.45, 7) is 5.31. The van der Waals surface area contributed by atoms with Crippen LogP contribution in [-0.2, 0) is 18.3 Å². The average molecular weight is 380 g/mol. The summed E-state index contributed by atoms with van der Waals surface area (Å²) in [6, 6.07) is 11.7. The highest BCUT2D eigenvalue weighted by molar-refractivity contribution is 5.80. The van der Waals surface area contributed by atoms with Crippen molar-refractivity contribution in [2.24, 2.45) is 4.99 Å². The zero-order chi connectivity index (χ0) is 19.6. The number of rotatable bonds is 5. The van der Waals surface area contributed by atoms with Gasteiger partial charge >= 0.3 is 0 Å². The SMILES string of the molecule is CN=C(NCC1(c2ccccc2)CCC1)NC1CCc2cn(C(C)C)nc2C1. The van der Waals surface area contributed by atoms with Crippen LogP contribution >= 0.6 is 0 Å². The zero-order valence-electron chi connectivity index (χ0n) is 17.4. The first-order chi connectivity index (χ1) is 13.6. The maximum absolute atomic E-state index is 4.80. The van der Waals surface area contributed by atoms with Crippen LogP contribution in [0, 0.1) is 0 Å². The fraction of sp³-hybridized carbons (Fsp3) is 0.565. The van der Waals surface area contributed by atoms with Gasteiger partial charge in [0.25, 0.3) is 0 Å². The van der Waals surface area contributed by atoms with Gasteiger partial charge in [-0.15, -0.1) is 0 Å². The van der Waals surface area contributed by atoms with Crippen molar-refractivity contribution in [2.75, 3.05) is 13.6 Å². The van der Waals surface area contributed by atoms with E-state index in [9.17, 15) is 0 Å². The van der Waals surface area contributed by atoms with Gasteiger partial charge in [0.15, 0.2) is 5.96 Å². The molecule has 4 rings (SSSR count). The molecule has 2 aromatic rings. The Hall–Kier alpha value is -2.30. The van der Waals surface area contributed by atoms with Crippen molar-refractivity contribution in [3.63, 3.8) is 0 Å². The third kappa shape index (κ3) is 3.80. The van der Waals surface area contributed by atoms with E-state index in [2.05, 4.69) is 70.7 Å². The summed E-state index contributed by atoms with van der Waals surface area (Å²) in [5.74, 6) is 0.916. The van der Waals surface area contributed by atoms with E-state index in [0.29, 0.717) is 12.1 Å². The third-order valence-electron chi connectivity index (χ3n) is 6.48. The topological polar surface area (TPSA) is 54.2 Å². The summed E-state index contributed by atoms with van der Waals surface area (Å²) in [4.78, 5) is 4.50. The molecule has 0 amide bonds. The first-order valence-electron chi connectivity index (χ1n) is 10.7. The Morgan fingerprint density at radius 1 is 1.29 bits per heavy atom. The van der Waals surface area contributed by atoms with Gasteiger partial charge in [0.05, 0.1) is 5.69 Å². The van der Waals surface area contributed by atoms with E-state index in [1.54, 1.807) is 0 Å². The zero-order valence-corrected chi connectivity index (χ0v) is 17.4. The van der Waals surface area contributed by atoms with Crippen molar-refractivity contribution in [1.82, 2.24) is 20.4 Å². The number of hydrogen-bond acceptors (Lipinski definition) is 2. The molecule has 0 spiro atoms. The van der Waals surface area contributed by atoms with Gasteiger partial charge < -0.3 is 10.6 Å². The smallest absolute Gasteiger partial charge is 0.191 e. The van der Waals surface area contributed by atoms with E-state index in [4.69, 9.17) is 5.10 Å². The number of fused-ring (bicyclic) bond motifs is 1. The number of aromatic nitrogens is 2. The summed E-state index contributed by atoms with van der Waals surface area (Å²) in [5, 5.41) is 12.1. The second kappa shape index (κ2) is 7.98. The fourth-order valence-electron chi connectivity index (χ4n) is 4.50. The summed E-state index contributed by atoms with van der Waals surface area (Å²) >= 11 is 0. The first-order valence-corrected chi connectivity index (χ1v) is 10.7. The number of aliphatic imine (C=N–C) groups is 1. The molecule has 0 bridgehead atoms. The van der Waals surface area contributed by atoms with Crippen LogP contribution in [0.4, 0.5) is 0 Å². The Morgan fingerprint density at radius 2 is 2.07 bits per heavy atom. The van der Waals surface area contributed by atoms with E-state index >= 15 is 0 Å².